The number of carbonyl (C=O) groups is 2. The van der Waals surface area contributed by atoms with Gasteiger partial charge in [-0.2, -0.15) is 13.2 Å². The van der Waals surface area contributed by atoms with Crippen molar-refractivity contribution < 1.29 is 37.7 Å². The van der Waals surface area contributed by atoms with Crippen molar-refractivity contribution in [3.8, 4) is 5.75 Å². The molecule has 3 rings (SSSR count). The highest BCUT2D eigenvalue weighted by atomic mass is 19.4. The molecular formula is C22H25F3N2O5. The van der Waals surface area contributed by atoms with Gasteiger partial charge in [0.15, 0.2) is 0 Å². The molecule has 0 unspecified atom stereocenters. The van der Waals surface area contributed by atoms with E-state index in [1.807, 2.05) is 6.07 Å². The number of piperazine rings is 1. The van der Waals surface area contributed by atoms with Gasteiger partial charge in [-0.3, -0.25) is 9.80 Å². The van der Waals surface area contributed by atoms with Gasteiger partial charge >= 0.3 is 18.1 Å². The summed E-state index contributed by atoms with van der Waals surface area (Å²) < 4.78 is 43.6. The molecule has 7 nitrogen and oxygen atoms in total. The molecule has 1 heterocycles. The number of hydrogen-bond donors (Lipinski definition) is 2. The number of rotatable bonds is 6. The molecule has 2 aromatic carbocycles. The molecule has 174 valence electrons. The fraction of sp³-hybridized carbons (Fsp3) is 0.364. The summed E-state index contributed by atoms with van der Waals surface area (Å²) in [5.74, 6) is -3.38. The highest BCUT2D eigenvalue weighted by molar-refractivity contribution is 6.27. The van der Waals surface area contributed by atoms with Gasteiger partial charge in [0.2, 0.25) is 0 Å². The molecule has 10 heteroatoms. The first-order valence-electron chi connectivity index (χ1n) is 9.90. The lowest BCUT2D eigenvalue weighted by Gasteiger charge is -2.34. The third-order valence-electron chi connectivity index (χ3n) is 4.73. The number of alkyl halides is 3. The Kier molecular flexibility index (Phi) is 9.48. The Morgan fingerprint density at radius 3 is 2.03 bits per heavy atom. The van der Waals surface area contributed by atoms with Gasteiger partial charge in [-0.05, 0) is 23.8 Å². The summed E-state index contributed by atoms with van der Waals surface area (Å²) in [5.41, 5.74) is 0.637. The lowest BCUT2D eigenvalue weighted by atomic mass is 10.2. The quantitative estimate of drug-likeness (QED) is 0.649. The van der Waals surface area contributed by atoms with Crippen molar-refractivity contribution in [2.24, 2.45) is 0 Å². The number of hydrogen-bond acceptors (Lipinski definition) is 5. The van der Waals surface area contributed by atoms with E-state index in [9.17, 15) is 13.2 Å². The molecule has 32 heavy (non-hydrogen) atoms. The maximum atomic E-state index is 12.7. The molecule has 0 spiro atoms. The SMILES string of the molecule is FC(F)(F)c1cccc(OCCN2CCN(Cc3ccccc3)CC2)c1.O=C(O)C(=O)O. The summed E-state index contributed by atoms with van der Waals surface area (Å²) in [6, 6.07) is 15.4. The normalized spacial score (nSPS) is 14.8. The molecular weight excluding hydrogens is 429 g/mol. The van der Waals surface area contributed by atoms with Crippen LogP contribution in [-0.4, -0.2) is 71.3 Å². The fourth-order valence-corrected chi connectivity index (χ4v) is 3.07. The summed E-state index contributed by atoms with van der Waals surface area (Å²) >= 11 is 0. The second-order valence-corrected chi connectivity index (χ2v) is 7.09. The van der Waals surface area contributed by atoms with E-state index in [1.54, 1.807) is 6.07 Å². The standard InChI is InChI=1S/C20H23F3N2O.C2H2O4/c21-20(22,23)18-7-4-8-19(15-18)26-14-13-24-9-11-25(12-10-24)16-17-5-2-1-3-6-17;3-1(4)2(5)6/h1-8,15H,9-14,16H2;(H,3,4)(H,5,6). The molecule has 1 aliphatic heterocycles. The third-order valence-corrected chi connectivity index (χ3v) is 4.73. The predicted octanol–water partition coefficient (Wildman–Crippen LogP) is 3.06. The average molecular weight is 454 g/mol. The zero-order chi connectivity index (χ0) is 23.6. The van der Waals surface area contributed by atoms with Crippen molar-refractivity contribution in [3.05, 3.63) is 65.7 Å². The van der Waals surface area contributed by atoms with Crippen LogP contribution >= 0.6 is 0 Å². The molecule has 1 saturated heterocycles. The Morgan fingerprint density at radius 1 is 0.875 bits per heavy atom. The fourth-order valence-electron chi connectivity index (χ4n) is 3.07. The molecule has 0 aliphatic carbocycles. The second-order valence-electron chi connectivity index (χ2n) is 7.09. The predicted molar refractivity (Wildman–Crippen MR) is 110 cm³/mol. The molecule has 0 saturated carbocycles. The van der Waals surface area contributed by atoms with Crippen molar-refractivity contribution in [3.63, 3.8) is 0 Å². The molecule has 0 amide bonds. The van der Waals surface area contributed by atoms with E-state index in [0.29, 0.717) is 6.61 Å². The first-order valence-corrected chi connectivity index (χ1v) is 9.90. The van der Waals surface area contributed by atoms with E-state index in [-0.39, 0.29) is 5.75 Å². The number of carboxylic acids is 2. The summed E-state index contributed by atoms with van der Waals surface area (Å²) in [5, 5.41) is 14.8. The van der Waals surface area contributed by atoms with E-state index in [2.05, 4.69) is 34.1 Å². The summed E-state index contributed by atoms with van der Waals surface area (Å²) in [6.45, 7) is 5.92. The first kappa shape index (κ1) is 25.2. The number of halogens is 3. The maximum absolute atomic E-state index is 12.7. The molecule has 0 atom stereocenters. The smallest absolute Gasteiger partial charge is 0.416 e. The van der Waals surface area contributed by atoms with Crippen LogP contribution in [0, 0.1) is 0 Å². The minimum absolute atomic E-state index is 0.266. The minimum atomic E-state index is -4.34. The van der Waals surface area contributed by atoms with Crippen molar-refractivity contribution in [1.82, 2.24) is 9.80 Å². The monoisotopic (exact) mass is 454 g/mol. The summed E-state index contributed by atoms with van der Waals surface area (Å²) in [7, 11) is 0. The van der Waals surface area contributed by atoms with E-state index < -0.39 is 23.7 Å². The van der Waals surface area contributed by atoms with E-state index in [4.69, 9.17) is 24.5 Å². The van der Waals surface area contributed by atoms with Crippen molar-refractivity contribution in [1.29, 1.82) is 0 Å². The van der Waals surface area contributed by atoms with Gasteiger partial charge in [0, 0.05) is 39.3 Å². The van der Waals surface area contributed by atoms with Crippen LogP contribution in [-0.2, 0) is 22.3 Å². The van der Waals surface area contributed by atoms with Crippen LogP contribution in [0.5, 0.6) is 5.75 Å². The van der Waals surface area contributed by atoms with Gasteiger partial charge in [0.05, 0.1) is 5.56 Å². The number of nitrogens with zero attached hydrogens (tertiary/aromatic N) is 2. The zero-order valence-corrected chi connectivity index (χ0v) is 17.3. The zero-order valence-electron chi connectivity index (χ0n) is 17.3. The number of benzene rings is 2. The van der Waals surface area contributed by atoms with Crippen molar-refractivity contribution in [2.45, 2.75) is 12.7 Å². The molecule has 2 aromatic rings. The highest BCUT2D eigenvalue weighted by Gasteiger charge is 2.30. The lowest BCUT2D eigenvalue weighted by molar-refractivity contribution is -0.159. The Balaban J connectivity index is 0.000000534. The first-order chi connectivity index (χ1) is 15.1. The van der Waals surface area contributed by atoms with Crippen LogP contribution < -0.4 is 4.74 Å². The van der Waals surface area contributed by atoms with Crippen LogP contribution in [0.4, 0.5) is 13.2 Å². The Bertz CT molecular complexity index is 857. The summed E-state index contributed by atoms with van der Waals surface area (Å²) in [4.78, 5) is 22.9. The largest absolute Gasteiger partial charge is 0.492 e. The van der Waals surface area contributed by atoms with Gasteiger partial charge in [0.1, 0.15) is 12.4 Å². The van der Waals surface area contributed by atoms with Crippen LogP contribution in [0.15, 0.2) is 54.6 Å². The van der Waals surface area contributed by atoms with Gasteiger partial charge < -0.3 is 14.9 Å². The lowest BCUT2D eigenvalue weighted by Crippen LogP contribution is -2.47. The van der Waals surface area contributed by atoms with E-state index in [0.717, 1.165) is 51.4 Å². The van der Waals surface area contributed by atoms with Crippen molar-refractivity contribution in [2.75, 3.05) is 39.3 Å². The molecule has 1 aliphatic rings. The Hall–Kier alpha value is -3.11. The number of carboxylic acid groups (broad SMARTS) is 2. The van der Waals surface area contributed by atoms with Crippen LogP contribution in [0.2, 0.25) is 0 Å². The van der Waals surface area contributed by atoms with Crippen LogP contribution in [0.3, 0.4) is 0 Å². The van der Waals surface area contributed by atoms with E-state index >= 15 is 0 Å². The topological polar surface area (TPSA) is 90.3 Å². The van der Waals surface area contributed by atoms with Gasteiger partial charge in [0.25, 0.3) is 0 Å². The van der Waals surface area contributed by atoms with Crippen LogP contribution in [0.25, 0.3) is 0 Å². The maximum Gasteiger partial charge on any atom is 0.416 e. The highest BCUT2D eigenvalue weighted by Crippen LogP contribution is 2.31. The molecule has 1 fully saturated rings. The average Bonchev–Trinajstić information content (AvgIpc) is 2.76. The van der Waals surface area contributed by atoms with Gasteiger partial charge in [-0.15, -0.1) is 0 Å². The van der Waals surface area contributed by atoms with E-state index in [1.165, 1.54) is 11.6 Å². The van der Waals surface area contributed by atoms with Gasteiger partial charge in [-0.25, -0.2) is 9.59 Å². The van der Waals surface area contributed by atoms with Crippen molar-refractivity contribution >= 4 is 11.9 Å². The molecule has 0 radical (unpaired) electrons. The third kappa shape index (κ3) is 8.94. The Labute approximate surface area is 183 Å². The number of aliphatic carboxylic acids is 2. The van der Waals surface area contributed by atoms with Gasteiger partial charge in [-0.1, -0.05) is 36.4 Å². The molecule has 0 aromatic heterocycles. The Morgan fingerprint density at radius 2 is 1.47 bits per heavy atom. The van der Waals surface area contributed by atoms with Crippen LogP contribution in [0.1, 0.15) is 11.1 Å². The number of ether oxygens (including phenoxy) is 1. The summed E-state index contributed by atoms with van der Waals surface area (Å²) in [6.07, 6.45) is -4.34. The molecule has 0 bridgehead atoms. The second kappa shape index (κ2) is 12.1. The minimum Gasteiger partial charge on any atom is -0.492 e. The molecule has 2 N–H and O–H groups in total.